The van der Waals surface area contributed by atoms with E-state index in [1.807, 2.05) is 28.8 Å². The van der Waals surface area contributed by atoms with Crippen LogP contribution in [0.25, 0.3) is 11.0 Å². The van der Waals surface area contributed by atoms with Gasteiger partial charge in [0.2, 0.25) is 11.9 Å². The summed E-state index contributed by atoms with van der Waals surface area (Å²) in [5.74, 6) is 0.0629. The van der Waals surface area contributed by atoms with Gasteiger partial charge in [-0.3, -0.25) is 4.79 Å². The highest BCUT2D eigenvalue weighted by Gasteiger charge is 2.34. The number of aromatic nitrogens is 4. The Hall–Kier alpha value is -3.17. The van der Waals surface area contributed by atoms with Crippen molar-refractivity contribution in [2.45, 2.75) is 26.1 Å². The summed E-state index contributed by atoms with van der Waals surface area (Å²) in [6, 6.07) is 8.66. The number of rotatable bonds is 4. The van der Waals surface area contributed by atoms with Gasteiger partial charge < -0.3 is 14.4 Å². The number of para-hydroxylation sites is 2. The van der Waals surface area contributed by atoms with Gasteiger partial charge in [0.05, 0.1) is 17.4 Å². The van der Waals surface area contributed by atoms with Crippen LogP contribution in [0.5, 0.6) is 0 Å². The molecule has 1 amide bonds. The quantitative estimate of drug-likeness (QED) is 0.652. The largest absolute Gasteiger partial charge is 0.433 e. The van der Waals surface area contributed by atoms with E-state index >= 15 is 0 Å². The Morgan fingerprint density at radius 2 is 1.83 bits per heavy atom. The number of hydrogen-bond acceptors (Lipinski definition) is 5. The first-order chi connectivity index (χ1) is 14.3. The fourth-order valence-corrected chi connectivity index (χ4v) is 3.56. The van der Waals surface area contributed by atoms with Crippen molar-refractivity contribution in [2.75, 3.05) is 31.1 Å². The molecule has 1 aliphatic rings. The van der Waals surface area contributed by atoms with E-state index in [0.29, 0.717) is 39.1 Å². The smallest absolute Gasteiger partial charge is 0.339 e. The van der Waals surface area contributed by atoms with Crippen LogP contribution < -0.4 is 4.90 Å². The summed E-state index contributed by atoms with van der Waals surface area (Å²) in [5, 5.41) is 0. The van der Waals surface area contributed by atoms with Crippen LogP contribution in [0.1, 0.15) is 17.8 Å². The molecule has 2 aromatic heterocycles. The van der Waals surface area contributed by atoms with Gasteiger partial charge in [-0.2, -0.15) is 13.2 Å². The molecule has 158 valence electrons. The third-order valence-corrected chi connectivity index (χ3v) is 5.14. The first-order valence-corrected chi connectivity index (χ1v) is 9.67. The van der Waals surface area contributed by atoms with Crippen molar-refractivity contribution in [3.05, 3.63) is 48.0 Å². The molecule has 7 nitrogen and oxygen atoms in total. The fourth-order valence-electron chi connectivity index (χ4n) is 3.56. The van der Waals surface area contributed by atoms with E-state index in [-0.39, 0.29) is 17.5 Å². The van der Waals surface area contributed by atoms with Crippen LogP contribution in [0, 0.1) is 6.92 Å². The lowest BCUT2D eigenvalue weighted by Gasteiger charge is -2.35. The molecule has 0 atom stereocenters. The number of carbonyl (C=O) groups excluding carboxylic acids is 1. The van der Waals surface area contributed by atoms with Crippen LogP contribution in [-0.2, 0) is 17.5 Å². The van der Waals surface area contributed by atoms with Crippen LogP contribution in [-0.4, -0.2) is 56.5 Å². The number of anilines is 1. The molecule has 30 heavy (non-hydrogen) atoms. The molecule has 3 aromatic rings. The maximum absolute atomic E-state index is 13.0. The lowest BCUT2D eigenvalue weighted by atomic mass is 10.2. The number of benzene rings is 1. The lowest BCUT2D eigenvalue weighted by molar-refractivity contribution is -0.141. The molecule has 1 aliphatic heterocycles. The van der Waals surface area contributed by atoms with Crippen molar-refractivity contribution in [2.24, 2.45) is 0 Å². The predicted octanol–water partition coefficient (Wildman–Crippen LogP) is 2.89. The maximum Gasteiger partial charge on any atom is 0.433 e. The number of imidazole rings is 1. The molecule has 1 aromatic carbocycles. The number of halogens is 3. The predicted molar refractivity (Wildman–Crippen MR) is 105 cm³/mol. The molecule has 1 saturated heterocycles. The Morgan fingerprint density at radius 1 is 1.10 bits per heavy atom. The Morgan fingerprint density at radius 3 is 2.57 bits per heavy atom. The molecule has 3 heterocycles. The number of aryl methyl sites for hydroxylation is 2. The van der Waals surface area contributed by atoms with Crippen LogP contribution >= 0.6 is 0 Å². The highest BCUT2D eigenvalue weighted by molar-refractivity contribution is 5.78. The molecule has 1 fully saturated rings. The first kappa shape index (κ1) is 20.1. The third-order valence-electron chi connectivity index (χ3n) is 5.14. The van der Waals surface area contributed by atoms with Crippen LogP contribution in [0.4, 0.5) is 19.1 Å². The first-order valence-electron chi connectivity index (χ1n) is 9.67. The number of hydrogen-bond donors (Lipinski definition) is 0. The minimum absolute atomic E-state index is 0.00794. The number of carbonyl (C=O) groups is 1. The standard InChI is InChI=1S/C20H21F3N6O/c1-14-12-17(20(21,22)23)26-19(25-14)28-10-8-27(9-11-28)18(30)6-7-29-13-24-15-4-2-3-5-16(15)29/h2-5,12-13H,6-11H2,1H3. The van der Waals surface area contributed by atoms with Gasteiger partial charge in [0.25, 0.3) is 0 Å². The van der Waals surface area contributed by atoms with Crippen molar-refractivity contribution in [3.63, 3.8) is 0 Å². The highest BCUT2D eigenvalue weighted by Crippen LogP contribution is 2.29. The van der Waals surface area contributed by atoms with Crippen molar-refractivity contribution < 1.29 is 18.0 Å². The molecule has 10 heteroatoms. The minimum atomic E-state index is -4.52. The Kier molecular flexibility index (Phi) is 5.31. The second-order valence-corrected chi connectivity index (χ2v) is 7.24. The molecular formula is C20H21F3N6O. The summed E-state index contributed by atoms with van der Waals surface area (Å²) in [6.45, 7) is 3.65. The van der Waals surface area contributed by atoms with E-state index in [1.54, 1.807) is 16.1 Å². The van der Waals surface area contributed by atoms with Gasteiger partial charge in [-0.05, 0) is 25.1 Å². The van der Waals surface area contributed by atoms with Gasteiger partial charge in [0.15, 0.2) is 0 Å². The van der Waals surface area contributed by atoms with Crippen molar-refractivity contribution in [1.29, 1.82) is 0 Å². The fraction of sp³-hybridized carbons (Fsp3) is 0.400. The van der Waals surface area contributed by atoms with Crippen LogP contribution in [0.3, 0.4) is 0 Å². The number of nitrogens with zero attached hydrogens (tertiary/aromatic N) is 6. The van der Waals surface area contributed by atoms with Gasteiger partial charge in [0, 0.05) is 44.8 Å². The average molecular weight is 418 g/mol. The zero-order chi connectivity index (χ0) is 21.3. The summed E-state index contributed by atoms with van der Waals surface area (Å²) in [6.07, 6.45) is -2.46. The normalized spacial score (nSPS) is 15.1. The van der Waals surface area contributed by atoms with Gasteiger partial charge in [-0.15, -0.1) is 0 Å². The van der Waals surface area contributed by atoms with E-state index in [9.17, 15) is 18.0 Å². The van der Waals surface area contributed by atoms with Gasteiger partial charge in [-0.25, -0.2) is 15.0 Å². The van der Waals surface area contributed by atoms with Gasteiger partial charge in [-0.1, -0.05) is 12.1 Å². The monoisotopic (exact) mass is 418 g/mol. The second-order valence-electron chi connectivity index (χ2n) is 7.24. The molecule has 0 aliphatic carbocycles. The topological polar surface area (TPSA) is 67.2 Å². The summed E-state index contributed by atoms with van der Waals surface area (Å²) >= 11 is 0. The molecular weight excluding hydrogens is 397 g/mol. The van der Waals surface area contributed by atoms with Crippen LogP contribution in [0.2, 0.25) is 0 Å². The average Bonchev–Trinajstić information content (AvgIpc) is 3.14. The molecule has 0 spiro atoms. The Balaban J connectivity index is 1.35. The zero-order valence-corrected chi connectivity index (χ0v) is 16.4. The highest BCUT2D eigenvalue weighted by atomic mass is 19.4. The van der Waals surface area contributed by atoms with E-state index in [4.69, 9.17) is 0 Å². The van der Waals surface area contributed by atoms with Crippen molar-refractivity contribution >= 4 is 22.9 Å². The molecule has 0 radical (unpaired) electrons. The molecule has 0 bridgehead atoms. The Labute approximate surface area is 171 Å². The summed E-state index contributed by atoms with van der Waals surface area (Å²) in [4.78, 5) is 28.2. The second kappa shape index (κ2) is 7.92. The van der Waals surface area contributed by atoms with Crippen LogP contribution in [0.15, 0.2) is 36.7 Å². The molecule has 4 rings (SSSR count). The molecule has 0 saturated carbocycles. The van der Waals surface area contributed by atoms with Crippen molar-refractivity contribution in [1.82, 2.24) is 24.4 Å². The van der Waals surface area contributed by atoms with E-state index < -0.39 is 11.9 Å². The number of amides is 1. The summed E-state index contributed by atoms with van der Waals surface area (Å²) in [7, 11) is 0. The number of fused-ring (bicyclic) bond motifs is 1. The summed E-state index contributed by atoms with van der Waals surface area (Å²) < 4.78 is 41.0. The molecule has 0 unspecified atom stereocenters. The SMILES string of the molecule is Cc1cc(C(F)(F)F)nc(N2CCN(C(=O)CCn3cnc4ccccc43)CC2)n1. The van der Waals surface area contributed by atoms with E-state index in [2.05, 4.69) is 15.0 Å². The van der Waals surface area contributed by atoms with Gasteiger partial charge in [0.1, 0.15) is 5.69 Å². The minimum Gasteiger partial charge on any atom is -0.339 e. The molecule has 0 N–H and O–H groups in total. The lowest BCUT2D eigenvalue weighted by Crippen LogP contribution is -2.49. The number of alkyl halides is 3. The third kappa shape index (κ3) is 4.22. The van der Waals surface area contributed by atoms with Gasteiger partial charge >= 0.3 is 6.18 Å². The zero-order valence-electron chi connectivity index (χ0n) is 16.4. The van der Waals surface area contributed by atoms with E-state index in [0.717, 1.165) is 17.1 Å². The summed E-state index contributed by atoms with van der Waals surface area (Å²) in [5.41, 5.74) is 1.18. The number of piperazine rings is 1. The Bertz CT molecular complexity index is 1060. The maximum atomic E-state index is 13.0. The van der Waals surface area contributed by atoms with Crippen molar-refractivity contribution in [3.8, 4) is 0 Å². The van der Waals surface area contributed by atoms with E-state index in [1.165, 1.54) is 6.92 Å².